The Morgan fingerprint density at radius 3 is 1.58 bits per heavy atom. The molecule has 3 aliphatic carbocycles. The van der Waals surface area contributed by atoms with E-state index in [-0.39, 0.29) is 0 Å². The second-order valence-corrected chi connectivity index (χ2v) is 11.9. The third kappa shape index (κ3) is 12.7. The maximum atomic E-state index is 4.16. The van der Waals surface area contributed by atoms with Crippen molar-refractivity contribution in [1.82, 2.24) is 0 Å². The van der Waals surface area contributed by atoms with Crippen molar-refractivity contribution < 1.29 is 0 Å². The van der Waals surface area contributed by atoms with Crippen LogP contribution in [0.25, 0.3) is 0 Å². The fourth-order valence-electron chi connectivity index (χ4n) is 4.91. The molecule has 3 rings (SSSR count). The lowest BCUT2D eigenvalue weighted by Crippen LogP contribution is -2.01. The molecule has 0 saturated heterocycles. The summed E-state index contributed by atoms with van der Waals surface area (Å²) in [4.78, 5) is 0. The van der Waals surface area contributed by atoms with Gasteiger partial charge in [0.2, 0.25) is 0 Å². The van der Waals surface area contributed by atoms with Crippen molar-refractivity contribution in [2.24, 2.45) is 17.3 Å². The first-order chi connectivity index (χ1) is 15.7. The van der Waals surface area contributed by atoms with Crippen molar-refractivity contribution in [3.8, 4) is 0 Å². The Morgan fingerprint density at radius 1 is 0.667 bits per heavy atom. The lowest BCUT2D eigenvalue weighted by molar-refractivity contribution is 0.408. The van der Waals surface area contributed by atoms with Crippen LogP contribution in [-0.4, -0.2) is 0 Å². The van der Waals surface area contributed by atoms with E-state index in [0.717, 1.165) is 17.3 Å². The quantitative estimate of drug-likeness (QED) is 0.231. The summed E-state index contributed by atoms with van der Waals surface area (Å²) >= 11 is 0. The molecule has 0 bridgehead atoms. The normalized spacial score (nSPS) is 19.3. The van der Waals surface area contributed by atoms with Crippen LogP contribution in [0.2, 0.25) is 0 Å². The van der Waals surface area contributed by atoms with Crippen LogP contribution in [0.15, 0.2) is 58.7 Å². The molecule has 0 aliphatic heterocycles. The summed E-state index contributed by atoms with van der Waals surface area (Å²) in [5, 5.41) is 0. The molecular formula is C33H54. The van der Waals surface area contributed by atoms with E-state index in [0.29, 0.717) is 0 Å². The molecule has 0 nitrogen and oxygen atoms in total. The molecule has 0 atom stereocenters. The first-order valence-corrected chi connectivity index (χ1v) is 14.0. The predicted octanol–water partition coefficient (Wildman–Crippen LogP) is 11.1. The third-order valence-corrected chi connectivity index (χ3v) is 7.77. The van der Waals surface area contributed by atoms with Crippen LogP contribution in [0.3, 0.4) is 0 Å². The average molecular weight is 451 g/mol. The van der Waals surface area contributed by atoms with Gasteiger partial charge >= 0.3 is 0 Å². The maximum Gasteiger partial charge on any atom is -0.0205 e. The standard InChI is InChI=1S/C17H28.C16H26/c1-14(2)6-4-7-15(3)8-5-11-17(12-13-17)16-9-10-16;1-13(2)7-5-8-14(3)9-6-10-15(4)16-11-12-16/h6,8,16H,4-5,7,9-13H2,1-3H3;7,9,16H,4-6,8,10-12H2,1-3H3/b15-8+;14-9+. The molecule has 0 heterocycles. The highest BCUT2D eigenvalue weighted by Crippen LogP contribution is 2.63. The van der Waals surface area contributed by atoms with Crippen LogP contribution < -0.4 is 0 Å². The highest BCUT2D eigenvalue weighted by Gasteiger charge is 2.52. The first-order valence-electron chi connectivity index (χ1n) is 14.0. The minimum atomic E-state index is 0.830. The summed E-state index contributed by atoms with van der Waals surface area (Å²) in [6.07, 6.45) is 28.5. The van der Waals surface area contributed by atoms with Gasteiger partial charge in [0.25, 0.3) is 0 Å². The average Bonchev–Trinajstić information content (AvgIpc) is 3.60. The second-order valence-electron chi connectivity index (χ2n) is 11.9. The fraction of sp³-hybridized carbons (Fsp3) is 0.697. The van der Waals surface area contributed by atoms with Crippen molar-refractivity contribution in [2.45, 2.75) is 131 Å². The molecule has 0 radical (unpaired) electrons. The summed E-state index contributed by atoms with van der Waals surface area (Å²) in [5.74, 6) is 2.00. The van der Waals surface area contributed by atoms with Gasteiger partial charge in [0.05, 0.1) is 0 Å². The molecule has 0 spiro atoms. The number of hydrogen-bond acceptors (Lipinski definition) is 0. The van der Waals surface area contributed by atoms with Crippen molar-refractivity contribution in [3.05, 3.63) is 58.7 Å². The minimum Gasteiger partial charge on any atom is -0.0996 e. The molecule has 0 aromatic heterocycles. The zero-order chi connectivity index (χ0) is 24.3. The van der Waals surface area contributed by atoms with Crippen molar-refractivity contribution >= 4 is 0 Å². The fourth-order valence-corrected chi connectivity index (χ4v) is 4.91. The second kappa shape index (κ2) is 14.2. The Bertz CT molecular complexity index is 718. The van der Waals surface area contributed by atoms with Gasteiger partial charge in [-0.15, -0.1) is 0 Å². The van der Waals surface area contributed by atoms with Gasteiger partial charge in [-0.25, -0.2) is 0 Å². The lowest BCUT2D eigenvalue weighted by Gasteiger charge is -2.12. The van der Waals surface area contributed by atoms with E-state index in [1.54, 1.807) is 5.57 Å². The van der Waals surface area contributed by atoms with Crippen LogP contribution in [0.1, 0.15) is 131 Å². The van der Waals surface area contributed by atoms with E-state index in [9.17, 15) is 0 Å². The maximum absolute atomic E-state index is 4.16. The lowest BCUT2D eigenvalue weighted by atomic mass is 9.93. The molecule has 0 aromatic carbocycles. The number of rotatable bonds is 14. The van der Waals surface area contributed by atoms with Gasteiger partial charge in [0, 0.05) is 0 Å². The Balaban J connectivity index is 0.000000234. The first kappa shape index (κ1) is 27.9. The molecular weight excluding hydrogens is 396 g/mol. The van der Waals surface area contributed by atoms with Gasteiger partial charge in [-0.05, 0) is 149 Å². The number of hydrogen-bond donors (Lipinski definition) is 0. The van der Waals surface area contributed by atoms with Crippen LogP contribution in [-0.2, 0) is 0 Å². The van der Waals surface area contributed by atoms with Crippen LogP contribution in [0.5, 0.6) is 0 Å². The summed E-state index contributed by atoms with van der Waals surface area (Å²) in [5.41, 5.74) is 8.30. The largest absolute Gasteiger partial charge is 0.0996 e. The molecule has 33 heavy (non-hydrogen) atoms. The Labute approximate surface area is 207 Å². The van der Waals surface area contributed by atoms with E-state index in [1.165, 1.54) is 112 Å². The highest BCUT2D eigenvalue weighted by atomic mass is 14.6. The van der Waals surface area contributed by atoms with Crippen LogP contribution in [0.4, 0.5) is 0 Å². The summed E-state index contributed by atoms with van der Waals surface area (Å²) in [6.45, 7) is 17.4. The SMILES string of the molecule is C=C(CC/C=C(\C)CCC=C(C)C)C1CC1.CC(C)=CCC/C(C)=C/CCC1(C2CC2)CC1. The van der Waals surface area contributed by atoms with Crippen molar-refractivity contribution in [2.75, 3.05) is 0 Å². The van der Waals surface area contributed by atoms with E-state index in [2.05, 4.69) is 72.4 Å². The number of allylic oxidation sites excluding steroid dienone is 9. The van der Waals surface area contributed by atoms with Crippen molar-refractivity contribution in [3.63, 3.8) is 0 Å². The van der Waals surface area contributed by atoms with E-state index < -0.39 is 0 Å². The smallest absolute Gasteiger partial charge is 0.0205 e. The summed E-state index contributed by atoms with van der Waals surface area (Å²) in [6, 6.07) is 0. The molecule has 3 fully saturated rings. The molecule has 0 amide bonds. The Hall–Kier alpha value is -1.30. The van der Waals surface area contributed by atoms with Crippen LogP contribution in [0, 0.1) is 17.3 Å². The van der Waals surface area contributed by atoms with Gasteiger partial charge in [-0.3, -0.25) is 0 Å². The predicted molar refractivity (Wildman–Crippen MR) is 150 cm³/mol. The molecule has 0 unspecified atom stereocenters. The molecule has 186 valence electrons. The van der Waals surface area contributed by atoms with Crippen molar-refractivity contribution in [1.29, 1.82) is 0 Å². The van der Waals surface area contributed by atoms with E-state index >= 15 is 0 Å². The zero-order valence-corrected chi connectivity index (χ0v) is 23.1. The molecule has 0 N–H and O–H groups in total. The minimum absolute atomic E-state index is 0.830. The molecule has 3 aliphatic rings. The summed E-state index contributed by atoms with van der Waals surface area (Å²) in [7, 11) is 0. The Morgan fingerprint density at radius 2 is 1.15 bits per heavy atom. The van der Waals surface area contributed by atoms with E-state index in [1.807, 2.05) is 0 Å². The molecule has 3 saturated carbocycles. The van der Waals surface area contributed by atoms with E-state index in [4.69, 9.17) is 0 Å². The monoisotopic (exact) mass is 450 g/mol. The Kier molecular flexibility index (Phi) is 12.0. The van der Waals surface area contributed by atoms with Gasteiger partial charge in [0.1, 0.15) is 0 Å². The molecule has 0 heteroatoms. The summed E-state index contributed by atoms with van der Waals surface area (Å²) < 4.78 is 0. The zero-order valence-electron chi connectivity index (χ0n) is 23.1. The van der Waals surface area contributed by atoms with Crippen LogP contribution >= 0.6 is 0 Å². The van der Waals surface area contributed by atoms with Gasteiger partial charge < -0.3 is 0 Å². The van der Waals surface area contributed by atoms with Gasteiger partial charge in [-0.2, -0.15) is 0 Å². The topological polar surface area (TPSA) is 0 Å². The van der Waals surface area contributed by atoms with Gasteiger partial charge in [-0.1, -0.05) is 58.7 Å². The van der Waals surface area contributed by atoms with Gasteiger partial charge in [0.15, 0.2) is 0 Å². The third-order valence-electron chi connectivity index (χ3n) is 7.77. The highest BCUT2D eigenvalue weighted by molar-refractivity contribution is 5.10. The molecule has 0 aromatic rings.